The Bertz CT molecular complexity index is 313. The minimum Gasteiger partial charge on any atom is -0.318 e. The highest BCUT2D eigenvalue weighted by atomic mass is 16.7. The summed E-state index contributed by atoms with van der Waals surface area (Å²) < 4.78 is 0. The highest BCUT2D eigenvalue weighted by Crippen LogP contribution is 2.14. The van der Waals surface area contributed by atoms with Gasteiger partial charge < -0.3 is 9.68 Å². The molecule has 0 bridgehead atoms. The summed E-state index contributed by atoms with van der Waals surface area (Å²) in [6.45, 7) is 2.55. The Hall–Kier alpha value is -1.72. The summed E-state index contributed by atoms with van der Waals surface area (Å²) in [5, 5.41) is 7.37. The summed E-state index contributed by atoms with van der Waals surface area (Å²) in [5.74, 6) is -0.963. The number of oxime groups is 2. The summed E-state index contributed by atoms with van der Waals surface area (Å²) in [5.41, 5.74) is 1.14. The minimum absolute atomic E-state index is 0.482. The summed E-state index contributed by atoms with van der Waals surface area (Å²) >= 11 is 0. The second-order valence-corrected chi connectivity index (χ2v) is 3.45. The fourth-order valence-corrected chi connectivity index (χ4v) is 1.31. The zero-order valence-electron chi connectivity index (χ0n) is 9.36. The molecule has 0 aromatic heterocycles. The number of rotatable bonds is 2. The molecule has 0 atom stereocenters. The first-order chi connectivity index (χ1) is 7.59. The van der Waals surface area contributed by atoms with Crippen molar-refractivity contribution in [3.8, 4) is 0 Å². The molecule has 0 aliphatic heterocycles. The maximum absolute atomic E-state index is 10.6. The molecule has 0 radical (unpaired) electrons. The quantitative estimate of drug-likeness (QED) is 0.526. The van der Waals surface area contributed by atoms with Gasteiger partial charge in [-0.2, -0.15) is 0 Å². The molecule has 0 spiro atoms. The van der Waals surface area contributed by atoms with Crippen LogP contribution in [-0.4, -0.2) is 23.4 Å². The largest absolute Gasteiger partial charge is 0.331 e. The molecule has 0 N–H and O–H groups in total. The van der Waals surface area contributed by atoms with Gasteiger partial charge >= 0.3 is 11.9 Å². The zero-order valence-corrected chi connectivity index (χ0v) is 9.36. The molecule has 0 heterocycles. The smallest absolute Gasteiger partial charge is 0.318 e. The van der Waals surface area contributed by atoms with E-state index in [0.717, 1.165) is 12.8 Å². The van der Waals surface area contributed by atoms with Crippen LogP contribution in [0, 0.1) is 0 Å². The molecule has 1 aliphatic carbocycles. The Labute approximate surface area is 93.3 Å². The van der Waals surface area contributed by atoms with Crippen molar-refractivity contribution in [2.75, 3.05) is 0 Å². The zero-order chi connectivity index (χ0) is 12.0. The first kappa shape index (κ1) is 12.4. The molecule has 0 amide bonds. The van der Waals surface area contributed by atoms with Gasteiger partial charge in [-0.15, -0.1) is 0 Å². The molecule has 6 nitrogen and oxygen atoms in total. The fourth-order valence-electron chi connectivity index (χ4n) is 1.31. The lowest BCUT2D eigenvalue weighted by Gasteiger charge is -2.13. The SMILES string of the molecule is CC(=O)ON=C1CCCCC1=NOC(C)=O. The van der Waals surface area contributed by atoms with E-state index < -0.39 is 11.9 Å². The lowest BCUT2D eigenvalue weighted by atomic mass is 9.97. The van der Waals surface area contributed by atoms with E-state index in [9.17, 15) is 9.59 Å². The standard InChI is InChI=1S/C10H14N2O4/c1-7(13)15-11-9-5-3-4-6-10(9)12-16-8(2)14/h3-6H2,1-2H3. The van der Waals surface area contributed by atoms with Gasteiger partial charge in [0.25, 0.3) is 0 Å². The average molecular weight is 226 g/mol. The van der Waals surface area contributed by atoms with Gasteiger partial charge in [0, 0.05) is 13.8 Å². The first-order valence-electron chi connectivity index (χ1n) is 5.09. The number of nitrogens with zero attached hydrogens (tertiary/aromatic N) is 2. The maximum atomic E-state index is 10.6. The Balaban J connectivity index is 2.70. The Morgan fingerprint density at radius 3 is 1.62 bits per heavy atom. The third-order valence-corrected chi connectivity index (χ3v) is 1.98. The molecule has 16 heavy (non-hydrogen) atoms. The van der Waals surface area contributed by atoms with Gasteiger partial charge in [-0.25, -0.2) is 9.59 Å². The number of hydrogen-bond donors (Lipinski definition) is 0. The predicted octanol–water partition coefficient (Wildman–Crippen LogP) is 1.40. The van der Waals surface area contributed by atoms with E-state index in [1.807, 2.05) is 0 Å². The van der Waals surface area contributed by atoms with Crippen LogP contribution in [0.1, 0.15) is 39.5 Å². The van der Waals surface area contributed by atoms with E-state index in [1.54, 1.807) is 0 Å². The van der Waals surface area contributed by atoms with Crippen LogP contribution in [0.15, 0.2) is 10.3 Å². The van der Waals surface area contributed by atoms with Gasteiger partial charge in [-0.3, -0.25) is 0 Å². The molecule has 0 unspecified atom stereocenters. The fraction of sp³-hybridized carbons (Fsp3) is 0.600. The first-order valence-corrected chi connectivity index (χ1v) is 5.09. The van der Waals surface area contributed by atoms with Crippen LogP contribution in [0.25, 0.3) is 0 Å². The van der Waals surface area contributed by atoms with Crippen LogP contribution in [0.2, 0.25) is 0 Å². The van der Waals surface area contributed by atoms with E-state index in [4.69, 9.17) is 0 Å². The van der Waals surface area contributed by atoms with Crippen LogP contribution in [0.5, 0.6) is 0 Å². The number of carbonyl (C=O) groups excluding carboxylic acids is 2. The van der Waals surface area contributed by atoms with E-state index in [2.05, 4.69) is 20.0 Å². The highest BCUT2D eigenvalue weighted by molar-refractivity contribution is 6.42. The average Bonchev–Trinajstić information content (AvgIpc) is 2.24. The van der Waals surface area contributed by atoms with E-state index in [0.29, 0.717) is 24.3 Å². The van der Waals surface area contributed by atoms with E-state index >= 15 is 0 Å². The van der Waals surface area contributed by atoms with Crippen LogP contribution in [0.3, 0.4) is 0 Å². The number of carbonyl (C=O) groups is 2. The van der Waals surface area contributed by atoms with Gasteiger partial charge in [0.15, 0.2) is 0 Å². The highest BCUT2D eigenvalue weighted by Gasteiger charge is 2.17. The van der Waals surface area contributed by atoms with E-state index in [1.165, 1.54) is 13.8 Å². The van der Waals surface area contributed by atoms with Crippen molar-refractivity contribution in [3.63, 3.8) is 0 Å². The Kier molecular flexibility index (Phi) is 4.63. The monoisotopic (exact) mass is 226 g/mol. The Morgan fingerprint density at radius 1 is 0.938 bits per heavy atom. The summed E-state index contributed by atoms with van der Waals surface area (Å²) in [6.07, 6.45) is 3.26. The van der Waals surface area contributed by atoms with Crippen molar-refractivity contribution in [3.05, 3.63) is 0 Å². The molecule has 1 rings (SSSR count). The molecular weight excluding hydrogens is 212 g/mol. The minimum atomic E-state index is -0.482. The van der Waals surface area contributed by atoms with Crippen molar-refractivity contribution in [1.29, 1.82) is 0 Å². The van der Waals surface area contributed by atoms with Crippen molar-refractivity contribution in [2.45, 2.75) is 39.5 Å². The van der Waals surface area contributed by atoms with Crippen LogP contribution >= 0.6 is 0 Å². The van der Waals surface area contributed by atoms with Crippen molar-refractivity contribution >= 4 is 23.4 Å². The molecule has 1 saturated carbocycles. The van der Waals surface area contributed by atoms with Gasteiger partial charge in [0.05, 0.1) is 0 Å². The normalized spacial score (nSPS) is 20.9. The van der Waals surface area contributed by atoms with Crippen LogP contribution in [-0.2, 0) is 19.3 Å². The second-order valence-electron chi connectivity index (χ2n) is 3.45. The van der Waals surface area contributed by atoms with Crippen LogP contribution in [0.4, 0.5) is 0 Å². The summed E-state index contributed by atoms with van der Waals surface area (Å²) in [7, 11) is 0. The van der Waals surface area contributed by atoms with E-state index in [-0.39, 0.29) is 0 Å². The lowest BCUT2D eigenvalue weighted by Crippen LogP contribution is -2.20. The Morgan fingerprint density at radius 2 is 1.31 bits per heavy atom. The molecular formula is C10H14N2O4. The van der Waals surface area contributed by atoms with Gasteiger partial charge in [-0.1, -0.05) is 10.3 Å². The predicted molar refractivity (Wildman–Crippen MR) is 56.9 cm³/mol. The van der Waals surface area contributed by atoms with Crippen LogP contribution < -0.4 is 0 Å². The topological polar surface area (TPSA) is 77.3 Å². The second kappa shape index (κ2) is 5.99. The van der Waals surface area contributed by atoms with Crippen molar-refractivity contribution < 1.29 is 19.3 Å². The third-order valence-electron chi connectivity index (χ3n) is 1.98. The summed E-state index contributed by atoms with van der Waals surface area (Å²) in [6, 6.07) is 0. The maximum Gasteiger partial charge on any atom is 0.331 e. The molecule has 0 aromatic rings. The molecule has 6 heteroatoms. The number of hydrogen-bond acceptors (Lipinski definition) is 6. The molecule has 1 fully saturated rings. The lowest BCUT2D eigenvalue weighted by molar-refractivity contribution is -0.142. The summed E-state index contributed by atoms with van der Waals surface area (Å²) in [4.78, 5) is 30.3. The van der Waals surface area contributed by atoms with Gasteiger partial charge in [-0.05, 0) is 25.7 Å². The van der Waals surface area contributed by atoms with Crippen molar-refractivity contribution in [1.82, 2.24) is 0 Å². The molecule has 0 saturated heterocycles. The molecule has 1 aliphatic rings. The van der Waals surface area contributed by atoms with Crippen molar-refractivity contribution in [2.24, 2.45) is 10.3 Å². The third kappa shape index (κ3) is 4.20. The molecule has 88 valence electrons. The molecule has 0 aromatic carbocycles. The van der Waals surface area contributed by atoms with Gasteiger partial charge in [0.2, 0.25) is 0 Å². The van der Waals surface area contributed by atoms with Gasteiger partial charge in [0.1, 0.15) is 11.4 Å².